The Kier molecular flexibility index (Phi) is 5.31. The average molecular weight is 338 g/mol. The van der Waals surface area contributed by atoms with Crippen molar-refractivity contribution < 1.29 is 8.42 Å². The Bertz CT molecular complexity index is 600. The first-order valence-corrected chi connectivity index (χ1v) is 9.82. The summed E-state index contributed by atoms with van der Waals surface area (Å²) in [5.74, 6) is 0.464. The Balaban J connectivity index is 1.55. The highest BCUT2D eigenvalue weighted by atomic mass is 32.2. The van der Waals surface area contributed by atoms with Crippen molar-refractivity contribution in [1.82, 2.24) is 18.5 Å². The summed E-state index contributed by atoms with van der Waals surface area (Å²) in [5.41, 5.74) is 1.22. The van der Waals surface area contributed by atoms with Gasteiger partial charge < -0.3 is 0 Å². The van der Waals surface area contributed by atoms with E-state index in [-0.39, 0.29) is 0 Å². The normalized spacial score (nSPS) is 25.5. The first-order chi connectivity index (χ1) is 11.1. The molecule has 0 amide bonds. The van der Waals surface area contributed by atoms with Crippen LogP contribution in [-0.4, -0.2) is 66.2 Å². The second kappa shape index (κ2) is 7.25. The zero-order valence-electron chi connectivity index (χ0n) is 13.8. The van der Waals surface area contributed by atoms with Crippen LogP contribution in [0.2, 0.25) is 0 Å². The summed E-state index contributed by atoms with van der Waals surface area (Å²) in [6.45, 7) is 7.06. The summed E-state index contributed by atoms with van der Waals surface area (Å²) >= 11 is 0. The van der Waals surface area contributed by atoms with E-state index in [1.807, 2.05) is 12.1 Å². The van der Waals surface area contributed by atoms with Crippen LogP contribution < -0.4 is 0 Å². The molecule has 0 saturated carbocycles. The molecule has 1 atom stereocenters. The summed E-state index contributed by atoms with van der Waals surface area (Å²) < 4.78 is 28.9. The maximum absolute atomic E-state index is 12.8. The molecule has 2 aliphatic rings. The minimum absolute atomic E-state index is 0.464. The summed E-state index contributed by atoms with van der Waals surface area (Å²) in [4.78, 5) is 6.33. The number of aromatic nitrogens is 1. The van der Waals surface area contributed by atoms with E-state index >= 15 is 0 Å². The lowest BCUT2D eigenvalue weighted by Crippen LogP contribution is -2.54. The van der Waals surface area contributed by atoms with Gasteiger partial charge in [-0.05, 0) is 36.5 Å². The van der Waals surface area contributed by atoms with Crippen LogP contribution in [-0.2, 0) is 16.8 Å². The fraction of sp³-hybridized carbons (Fsp3) is 0.688. The third-order valence-corrected chi connectivity index (χ3v) is 6.76. The lowest BCUT2D eigenvalue weighted by molar-refractivity contribution is 0.169. The second-order valence-corrected chi connectivity index (χ2v) is 8.57. The second-order valence-electron chi connectivity index (χ2n) is 6.64. The van der Waals surface area contributed by atoms with Crippen LogP contribution in [0.3, 0.4) is 0 Å². The predicted octanol–water partition coefficient (Wildman–Crippen LogP) is 1.18. The van der Waals surface area contributed by atoms with E-state index in [0.29, 0.717) is 32.1 Å². The molecule has 2 aliphatic heterocycles. The minimum Gasteiger partial charge on any atom is -0.296 e. The molecule has 0 unspecified atom stereocenters. The van der Waals surface area contributed by atoms with Gasteiger partial charge in [-0.1, -0.05) is 6.92 Å². The highest BCUT2D eigenvalue weighted by Crippen LogP contribution is 2.21. The molecule has 2 saturated heterocycles. The number of piperazine rings is 1. The van der Waals surface area contributed by atoms with Crippen LogP contribution in [0.5, 0.6) is 0 Å². The van der Waals surface area contributed by atoms with Crippen LogP contribution in [0, 0.1) is 5.92 Å². The SMILES string of the molecule is C[C@H]1CCCN(S(=O)(=O)N2CCN(Cc3ccncc3)CC2)C1. The molecule has 3 heterocycles. The first kappa shape index (κ1) is 16.8. The van der Waals surface area contributed by atoms with E-state index in [0.717, 1.165) is 32.5 Å². The van der Waals surface area contributed by atoms with Gasteiger partial charge in [-0.15, -0.1) is 0 Å². The Morgan fingerprint density at radius 3 is 2.43 bits per heavy atom. The van der Waals surface area contributed by atoms with Gasteiger partial charge >= 0.3 is 0 Å². The predicted molar refractivity (Wildman–Crippen MR) is 90.0 cm³/mol. The van der Waals surface area contributed by atoms with Gasteiger partial charge in [-0.2, -0.15) is 17.0 Å². The van der Waals surface area contributed by atoms with Crippen molar-refractivity contribution in [3.63, 3.8) is 0 Å². The van der Waals surface area contributed by atoms with Crippen molar-refractivity contribution in [1.29, 1.82) is 0 Å². The molecule has 7 heteroatoms. The van der Waals surface area contributed by atoms with E-state index in [1.165, 1.54) is 5.56 Å². The molecular formula is C16H26N4O2S. The topological polar surface area (TPSA) is 56.8 Å². The van der Waals surface area contributed by atoms with Crippen LogP contribution in [0.4, 0.5) is 0 Å². The van der Waals surface area contributed by atoms with Crippen molar-refractivity contribution >= 4 is 10.2 Å². The van der Waals surface area contributed by atoms with Crippen LogP contribution >= 0.6 is 0 Å². The van der Waals surface area contributed by atoms with Gasteiger partial charge in [0.25, 0.3) is 10.2 Å². The Hall–Kier alpha value is -1.02. The molecule has 128 valence electrons. The zero-order valence-corrected chi connectivity index (χ0v) is 14.6. The number of hydrogen-bond donors (Lipinski definition) is 0. The monoisotopic (exact) mass is 338 g/mol. The molecule has 0 radical (unpaired) electrons. The smallest absolute Gasteiger partial charge is 0.282 e. The maximum atomic E-state index is 12.8. The van der Waals surface area contributed by atoms with Crippen molar-refractivity contribution in [2.45, 2.75) is 26.3 Å². The number of pyridine rings is 1. The molecule has 2 fully saturated rings. The molecule has 6 nitrogen and oxygen atoms in total. The van der Waals surface area contributed by atoms with Gasteiger partial charge in [0, 0.05) is 58.2 Å². The number of nitrogens with zero attached hydrogens (tertiary/aromatic N) is 4. The quantitative estimate of drug-likeness (QED) is 0.827. The maximum Gasteiger partial charge on any atom is 0.282 e. The lowest BCUT2D eigenvalue weighted by Gasteiger charge is -2.38. The zero-order chi connectivity index (χ0) is 16.3. The van der Waals surface area contributed by atoms with Gasteiger partial charge in [0.05, 0.1) is 0 Å². The summed E-state index contributed by atoms with van der Waals surface area (Å²) in [6.07, 6.45) is 5.70. The van der Waals surface area contributed by atoms with E-state index in [9.17, 15) is 8.42 Å². The van der Waals surface area contributed by atoms with Gasteiger partial charge in [-0.25, -0.2) is 0 Å². The highest BCUT2D eigenvalue weighted by Gasteiger charge is 2.34. The van der Waals surface area contributed by atoms with Crippen LogP contribution in [0.25, 0.3) is 0 Å². The Labute approximate surface area is 139 Å². The van der Waals surface area contributed by atoms with Crippen molar-refractivity contribution in [2.75, 3.05) is 39.3 Å². The van der Waals surface area contributed by atoms with E-state index in [4.69, 9.17) is 0 Å². The number of rotatable bonds is 4. The molecule has 0 spiro atoms. The number of hydrogen-bond acceptors (Lipinski definition) is 4. The molecule has 0 aliphatic carbocycles. The van der Waals surface area contributed by atoms with E-state index in [1.54, 1.807) is 21.0 Å². The third-order valence-electron chi connectivity index (χ3n) is 4.76. The molecule has 0 N–H and O–H groups in total. The molecule has 23 heavy (non-hydrogen) atoms. The standard InChI is InChI=1S/C16H26N4O2S/c1-15-3-2-8-20(13-15)23(21,22)19-11-9-18(10-12-19)14-16-4-6-17-7-5-16/h4-7,15H,2-3,8-14H2,1H3/t15-/m0/s1. The van der Waals surface area contributed by atoms with Gasteiger partial charge in [0.2, 0.25) is 0 Å². The van der Waals surface area contributed by atoms with E-state index in [2.05, 4.69) is 16.8 Å². The fourth-order valence-electron chi connectivity index (χ4n) is 3.38. The van der Waals surface area contributed by atoms with Gasteiger partial charge in [0.15, 0.2) is 0 Å². The lowest BCUT2D eigenvalue weighted by atomic mass is 10.0. The summed E-state index contributed by atoms with van der Waals surface area (Å²) in [6, 6.07) is 4.02. The summed E-state index contributed by atoms with van der Waals surface area (Å²) in [7, 11) is -3.28. The number of piperidine rings is 1. The van der Waals surface area contributed by atoms with Crippen molar-refractivity contribution in [3.05, 3.63) is 30.1 Å². The first-order valence-electron chi connectivity index (χ1n) is 8.42. The fourth-order valence-corrected chi connectivity index (χ4v) is 5.14. The van der Waals surface area contributed by atoms with Crippen LogP contribution in [0.1, 0.15) is 25.3 Å². The molecule has 0 bridgehead atoms. The largest absolute Gasteiger partial charge is 0.296 e. The molecule has 1 aromatic heterocycles. The minimum atomic E-state index is -3.28. The molecule has 3 rings (SSSR count). The molecule has 1 aromatic rings. The average Bonchev–Trinajstić information content (AvgIpc) is 2.56. The Morgan fingerprint density at radius 2 is 1.78 bits per heavy atom. The van der Waals surface area contributed by atoms with Gasteiger partial charge in [-0.3, -0.25) is 9.88 Å². The van der Waals surface area contributed by atoms with E-state index < -0.39 is 10.2 Å². The molecule has 0 aromatic carbocycles. The highest BCUT2D eigenvalue weighted by molar-refractivity contribution is 7.86. The molecular weight excluding hydrogens is 312 g/mol. The third kappa shape index (κ3) is 4.09. The Morgan fingerprint density at radius 1 is 1.09 bits per heavy atom. The van der Waals surface area contributed by atoms with Crippen molar-refractivity contribution in [3.8, 4) is 0 Å². The summed E-state index contributed by atoms with van der Waals surface area (Å²) in [5, 5.41) is 0. The van der Waals surface area contributed by atoms with Gasteiger partial charge in [0.1, 0.15) is 0 Å². The van der Waals surface area contributed by atoms with Crippen molar-refractivity contribution in [2.24, 2.45) is 5.92 Å². The van der Waals surface area contributed by atoms with Crippen LogP contribution in [0.15, 0.2) is 24.5 Å².